The smallest absolute Gasteiger partial charge is 0.120 e. The number of carbonyl (C=O) groups excluding carboxylic acids is 1. The normalized spacial score (nSPS) is 10.6. The highest BCUT2D eigenvalue weighted by atomic mass is 16.1. The fourth-order valence-electron chi connectivity index (χ4n) is 1.91. The third-order valence-corrected chi connectivity index (χ3v) is 2.95. The molecule has 0 aliphatic carbocycles. The summed E-state index contributed by atoms with van der Waals surface area (Å²) in [5.74, 6) is 1.83. The van der Waals surface area contributed by atoms with Gasteiger partial charge in [-0.05, 0) is 38.2 Å². The highest BCUT2D eigenvalue weighted by Crippen LogP contribution is 2.10. The van der Waals surface area contributed by atoms with E-state index in [-0.39, 0.29) is 0 Å². The van der Waals surface area contributed by atoms with Gasteiger partial charge in [0.1, 0.15) is 5.94 Å². The summed E-state index contributed by atoms with van der Waals surface area (Å²) in [4.78, 5) is 9.92. The lowest BCUT2D eigenvalue weighted by molar-refractivity contribution is 0.563. The third-order valence-electron chi connectivity index (χ3n) is 2.95. The van der Waals surface area contributed by atoms with E-state index < -0.39 is 0 Å². The molecule has 0 rings (SSSR count). The predicted molar refractivity (Wildman–Crippen MR) is 75.9 cm³/mol. The fraction of sp³-hybridized carbons (Fsp3) is 0.750. The molecule has 98 valence electrons. The van der Waals surface area contributed by atoms with Crippen LogP contribution in [0.5, 0.6) is 0 Å². The van der Waals surface area contributed by atoms with Crippen LogP contribution in [0.1, 0.15) is 77.6 Å². The minimum atomic E-state index is 0.910. The fourth-order valence-corrected chi connectivity index (χ4v) is 1.91. The molecule has 0 N–H and O–H groups in total. The Morgan fingerprint density at radius 2 is 1.29 bits per heavy atom. The maximum atomic E-state index is 9.92. The van der Waals surface area contributed by atoms with E-state index in [0.29, 0.717) is 0 Å². The van der Waals surface area contributed by atoms with Gasteiger partial charge in [-0.25, -0.2) is 4.79 Å². The molecule has 0 spiro atoms. The molecule has 0 aromatic heterocycles. The van der Waals surface area contributed by atoms with Gasteiger partial charge >= 0.3 is 0 Å². The van der Waals surface area contributed by atoms with E-state index >= 15 is 0 Å². The predicted octanol–water partition coefficient (Wildman–Crippen LogP) is 5.24. The van der Waals surface area contributed by atoms with Crippen LogP contribution < -0.4 is 0 Å². The molecule has 0 aromatic rings. The molecule has 0 atom stereocenters. The Morgan fingerprint density at radius 3 is 1.82 bits per heavy atom. The average Bonchev–Trinajstić information content (AvgIpc) is 2.35. The quantitative estimate of drug-likeness (QED) is 0.257. The van der Waals surface area contributed by atoms with E-state index in [0.717, 1.165) is 12.8 Å². The van der Waals surface area contributed by atoms with Gasteiger partial charge in [0.25, 0.3) is 0 Å². The number of rotatable bonds is 12. The summed E-state index contributed by atoms with van der Waals surface area (Å²) in [5, 5.41) is 0. The van der Waals surface area contributed by atoms with Crippen LogP contribution in [0.25, 0.3) is 0 Å². The Kier molecular flexibility index (Phi) is 14.5. The van der Waals surface area contributed by atoms with Crippen LogP contribution in [-0.4, -0.2) is 5.94 Å². The molecular weight excluding hydrogens is 208 g/mol. The Bertz CT molecular complexity index is 212. The summed E-state index contributed by atoms with van der Waals surface area (Å²) in [5.41, 5.74) is 0. The van der Waals surface area contributed by atoms with Gasteiger partial charge < -0.3 is 0 Å². The van der Waals surface area contributed by atoms with Gasteiger partial charge in [-0.2, -0.15) is 0 Å². The Labute approximate surface area is 107 Å². The molecule has 1 heteroatoms. The average molecular weight is 236 g/mol. The van der Waals surface area contributed by atoms with E-state index in [1.165, 1.54) is 57.8 Å². The minimum absolute atomic E-state index is 0.910. The van der Waals surface area contributed by atoms with Crippen LogP contribution in [-0.2, 0) is 4.79 Å². The third kappa shape index (κ3) is 15.2. The van der Waals surface area contributed by atoms with Crippen LogP contribution in [0, 0.1) is 0 Å². The van der Waals surface area contributed by atoms with Crippen molar-refractivity contribution in [1.82, 2.24) is 0 Å². The molecule has 0 fully saturated rings. The van der Waals surface area contributed by atoms with Crippen molar-refractivity contribution in [2.75, 3.05) is 0 Å². The van der Waals surface area contributed by atoms with Gasteiger partial charge in [-0.3, -0.25) is 0 Å². The molecule has 0 aliphatic heterocycles. The van der Waals surface area contributed by atoms with Crippen LogP contribution in [0.2, 0.25) is 0 Å². The van der Waals surface area contributed by atoms with Crippen molar-refractivity contribution in [3.63, 3.8) is 0 Å². The first-order valence-corrected chi connectivity index (χ1v) is 7.26. The van der Waals surface area contributed by atoms with Gasteiger partial charge in [0.2, 0.25) is 0 Å². The SMILES string of the molecule is CC/C=C\CCCCCCCCCCC=C=O. The number of unbranched alkanes of at least 4 members (excludes halogenated alkanes) is 9. The molecule has 0 saturated heterocycles. The molecule has 0 amide bonds. The standard InChI is InChI=1S/C16H28O/c1-2-3-4-5-6-7-8-9-10-11-12-13-14-15-16-17/h3-4,15H,2,5-14H2,1H3/b4-3-. The Morgan fingerprint density at radius 1 is 0.765 bits per heavy atom. The van der Waals surface area contributed by atoms with Crippen LogP contribution in [0.4, 0.5) is 0 Å². The lowest BCUT2D eigenvalue weighted by atomic mass is 10.1. The van der Waals surface area contributed by atoms with Crippen LogP contribution in [0.15, 0.2) is 18.2 Å². The van der Waals surface area contributed by atoms with Gasteiger partial charge in [0, 0.05) is 0 Å². The van der Waals surface area contributed by atoms with Crippen molar-refractivity contribution in [3.8, 4) is 0 Å². The first kappa shape index (κ1) is 16.2. The highest BCUT2D eigenvalue weighted by molar-refractivity contribution is 5.44. The van der Waals surface area contributed by atoms with E-state index in [1.54, 1.807) is 6.08 Å². The Balaban J connectivity index is 2.98. The molecule has 1 nitrogen and oxygen atoms in total. The summed E-state index contributed by atoms with van der Waals surface area (Å²) in [6.45, 7) is 2.18. The van der Waals surface area contributed by atoms with Gasteiger partial charge in [0.05, 0.1) is 0 Å². The maximum Gasteiger partial charge on any atom is 0.120 e. The second kappa shape index (κ2) is 15.2. The van der Waals surface area contributed by atoms with Crippen molar-refractivity contribution in [3.05, 3.63) is 18.2 Å². The molecule has 0 aromatic carbocycles. The number of hydrogen-bond donors (Lipinski definition) is 0. The molecule has 0 bridgehead atoms. The van der Waals surface area contributed by atoms with E-state index in [4.69, 9.17) is 0 Å². The number of hydrogen-bond acceptors (Lipinski definition) is 1. The summed E-state index contributed by atoms with van der Waals surface area (Å²) < 4.78 is 0. The molecule has 0 unspecified atom stereocenters. The summed E-state index contributed by atoms with van der Waals surface area (Å²) in [6.07, 6.45) is 20.1. The van der Waals surface area contributed by atoms with E-state index in [9.17, 15) is 4.79 Å². The zero-order valence-corrected chi connectivity index (χ0v) is 11.4. The van der Waals surface area contributed by atoms with Crippen molar-refractivity contribution in [1.29, 1.82) is 0 Å². The monoisotopic (exact) mass is 236 g/mol. The largest absolute Gasteiger partial charge is 0.234 e. The summed E-state index contributed by atoms with van der Waals surface area (Å²) in [7, 11) is 0. The zero-order chi connectivity index (χ0) is 12.6. The van der Waals surface area contributed by atoms with Crippen molar-refractivity contribution in [2.45, 2.75) is 77.6 Å². The first-order chi connectivity index (χ1) is 8.41. The molecule has 0 heterocycles. The van der Waals surface area contributed by atoms with Crippen LogP contribution in [0.3, 0.4) is 0 Å². The lowest BCUT2D eigenvalue weighted by Gasteiger charge is -2.00. The summed E-state index contributed by atoms with van der Waals surface area (Å²) >= 11 is 0. The van der Waals surface area contributed by atoms with Gasteiger partial charge in [-0.15, -0.1) is 0 Å². The van der Waals surface area contributed by atoms with Crippen molar-refractivity contribution < 1.29 is 4.79 Å². The van der Waals surface area contributed by atoms with Gasteiger partial charge in [0.15, 0.2) is 0 Å². The van der Waals surface area contributed by atoms with Gasteiger partial charge in [-0.1, -0.05) is 57.6 Å². The van der Waals surface area contributed by atoms with E-state index in [1.807, 2.05) is 5.94 Å². The molecule has 0 aliphatic rings. The molecule has 0 radical (unpaired) electrons. The second-order valence-electron chi connectivity index (χ2n) is 4.61. The lowest BCUT2D eigenvalue weighted by Crippen LogP contribution is -1.81. The topological polar surface area (TPSA) is 17.1 Å². The number of allylic oxidation sites excluding steroid dienone is 3. The first-order valence-electron chi connectivity index (χ1n) is 7.26. The van der Waals surface area contributed by atoms with E-state index in [2.05, 4.69) is 19.1 Å². The molecular formula is C16H28O. The second-order valence-corrected chi connectivity index (χ2v) is 4.61. The summed E-state index contributed by atoms with van der Waals surface area (Å²) in [6, 6.07) is 0. The highest BCUT2D eigenvalue weighted by Gasteiger charge is 1.91. The van der Waals surface area contributed by atoms with Crippen LogP contribution >= 0.6 is 0 Å². The van der Waals surface area contributed by atoms with Crippen molar-refractivity contribution in [2.24, 2.45) is 0 Å². The maximum absolute atomic E-state index is 9.92. The van der Waals surface area contributed by atoms with Crippen molar-refractivity contribution >= 4 is 5.94 Å². The Hall–Kier alpha value is -0.810. The molecule has 17 heavy (non-hydrogen) atoms. The minimum Gasteiger partial charge on any atom is -0.234 e. The molecule has 0 saturated carbocycles. The zero-order valence-electron chi connectivity index (χ0n) is 11.4.